The molecule has 0 aromatic heterocycles. The summed E-state index contributed by atoms with van der Waals surface area (Å²) >= 11 is 0. The molecule has 5 amide bonds. The molecule has 0 fully saturated rings. The summed E-state index contributed by atoms with van der Waals surface area (Å²) in [5, 5.41) is 24.0. The molecule has 6 N–H and O–H groups in total. The number of aliphatic carboxylic acids is 1. The molecule has 4 atom stereocenters. The number of fused-ring (bicyclic) bond motifs is 18. The van der Waals surface area contributed by atoms with Gasteiger partial charge >= 0.3 is 5.97 Å². The first-order valence-corrected chi connectivity index (χ1v) is 19.6. The highest BCUT2D eigenvalue weighted by Gasteiger charge is 2.32. The summed E-state index contributed by atoms with van der Waals surface area (Å²) in [6.07, 6.45) is 0.172. The van der Waals surface area contributed by atoms with E-state index in [4.69, 9.17) is 0 Å². The van der Waals surface area contributed by atoms with Crippen molar-refractivity contribution in [1.29, 1.82) is 0 Å². The highest BCUT2D eigenvalue weighted by Crippen LogP contribution is 2.20. The van der Waals surface area contributed by atoms with Crippen LogP contribution >= 0.6 is 0 Å². The van der Waals surface area contributed by atoms with Gasteiger partial charge in [0.15, 0.2) is 0 Å². The van der Waals surface area contributed by atoms with E-state index < -0.39 is 59.7 Å². The van der Waals surface area contributed by atoms with Gasteiger partial charge in [-0.05, 0) is 58.4 Å². The molecule has 302 valence electrons. The maximum Gasteiger partial charge on any atom is 0.326 e. The summed E-state index contributed by atoms with van der Waals surface area (Å²) in [6.45, 7) is 0. The lowest BCUT2D eigenvalue weighted by Crippen LogP contribution is -2.58. The number of nitrogens with one attached hydrogen (secondary N) is 5. The number of rotatable bonds is 9. The highest BCUT2D eigenvalue weighted by molar-refractivity contribution is 5.96. The number of hydrogen-bond acceptors (Lipinski definition) is 6. The van der Waals surface area contributed by atoms with Crippen LogP contribution in [0.5, 0.6) is 0 Å². The highest BCUT2D eigenvalue weighted by atomic mass is 16.4. The molecule has 12 nitrogen and oxygen atoms in total. The van der Waals surface area contributed by atoms with Crippen molar-refractivity contribution in [1.82, 2.24) is 21.3 Å². The van der Waals surface area contributed by atoms with E-state index >= 15 is 0 Å². The predicted octanol–water partition coefficient (Wildman–Crippen LogP) is 4.77. The lowest BCUT2D eigenvalue weighted by molar-refractivity contribution is -0.142. The van der Waals surface area contributed by atoms with E-state index in [0.717, 1.165) is 22.3 Å². The van der Waals surface area contributed by atoms with E-state index in [1.165, 1.54) is 0 Å². The fourth-order valence-electron chi connectivity index (χ4n) is 6.89. The molecule has 5 aromatic rings. The Hall–Kier alpha value is -7.08. The molecule has 2 heterocycles. The van der Waals surface area contributed by atoms with Gasteiger partial charge in [0, 0.05) is 37.8 Å². The number of anilines is 1. The molecular weight excluding hydrogens is 747 g/mol. The third-order valence-corrected chi connectivity index (χ3v) is 10.1. The van der Waals surface area contributed by atoms with Gasteiger partial charge in [-0.3, -0.25) is 24.0 Å². The second-order valence-electron chi connectivity index (χ2n) is 14.6. The molecule has 59 heavy (non-hydrogen) atoms. The second kappa shape index (κ2) is 20.4. The SMILES string of the molecule is O=C1CCC(=O)N[C@H](Cc2ccccc2)C(=O)N[C@@H](Cc2ccc(-c3ccccc3)cc2)C(=O)N[C@H](CCc2ccccc2)C(=O)N[C@H](C(=O)O)Cc2ccc(cc2)N1. The van der Waals surface area contributed by atoms with Gasteiger partial charge in [0.2, 0.25) is 29.5 Å². The van der Waals surface area contributed by atoms with Crippen LogP contribution in [-0.2, 0) is 54.5 Å². The zero-order valence-corrected chi connectivity index (χ0v) is 32.4. The first-order valence-electron chi connectivity index (χ1n) is 19.6. The van der Waals surface area contributed by atoms with Gasteiger partial charge in [0.1, 0.15) is 24.2 Å². The predicted molar refractivity (Wildman–Crippen MR) is 224 cm³/mol. The lowest BCUT2D eigenvalue weighted by Gasteiger charge is -2.26. The number of amides is 5. The van der Waals surface area contributed by atoms with Gasteiger partial charge in [-0.1, -0.05) is 127 Å². The third kappa shape index (κ3) is 12.5. The zero-order chi connectivity index (χ0) is 41.6. The molecule has 0 saturated heterocycles. The molecule has 0 unspecified atom stereocenters. The van der Waals surface area contributed by atoms with Crippen molar-refractivity contribution in [3.63, 3.8) is 0 Å². The molecule has 12 heteroatoms. The van der Waals surface area contributed by atoms with E-state index in [9.17, 15) is 33.9 Å². The van der Waals surface area contributed by atoms with Gasteiger partial charge in [-0.25, -0.2) is 4.79 Å². The molecule has 0 radical (unpaired) electrons. The summed E-state index contributed by atoms with van der Waals surface area (Å²) in [5.41, 5.74) is 5.35. The minimum atomic E-state index is -1.34. The smallest absolute Gasteiger partial charge is 0.326 e. The van der Waals surface area contributed by atoms with Crippen LogP contribution in [0.2, 0.25) is 0 Å². The summed E-state index contributed by atoms with van der Waals surface area (Å²) < 4.78 is 0. The largest absolute Gasteiger partial charge is 0.480 e. The van der Waals surface area contributed by atoms with Gasteiger partial charge in [0.05, 0.1) is 0 Å². The van der Waals surface area contributed by atoms with E-state index in [0.29, 0.717) is 23.2 Å². The summed E-state index contributed by atoms with van der Waals surface area (Å²) in [5.74, 6) is -4.26. The summed E-state index contributed by atoms with van der Waals surface area (Å²) in [4.78, 5) is 81.3. The van der Waals surface area contributed by atoms with Crippen molar-refractivity contribution in [2.75, 3.05) is 5.32 Å². The molecule has 0 aliphatic carbocycles. The Morgan fingerprint density at radius 2 is 1.00 bits per heavy atom. The van der Waals surface area contributed by atoms with E-state index in [2.05, 4.69) is 26.6 Å². The molecule has 0 spiro atoms. The van der Waals surface area contributed by atoms with Crippen LogP contribution in [0.3, 0.4) is 0 Å². The molecule has 2 aliphatic rings. The average Bonchev–Trinajstić information content (AvgIpc) is 3.25. The van der Waals surface area contributed by atoms with Crippen LogP contribution < -0.4 is 26.6 Å². The first-order chi connectivity index (χ1) is 28.6. The Kier molecular flexibility index (Phi) is 14.3. The van der Waals surface area contributed by atoms with Crippen molar-refractivity contribution in [2.24, 2.45) is 0 Å². The van der Waals surface area contributed by atoms with Gasteiger partial charge < -0.3 is 31.7 Å². The van der Waals surface area contributed by atoms with Crippen molar-refractivity contribution >= 4 is 41.2 Å². The van der Waals surface area contributed by atoms with Gasteiger partial charge in [0.25, 0.3) is 0 Å². The van der Waals surface area contributed by atoms with E-state index in [1.54, 1.807) is 24.3 Å². The summed E-state index contributed by atoms with van der Waals surface area (Å²) in [7, 11) is 0. The van der Waals surface area contributed by atoms with Crippen molar-refractivity contribution in [3.05, 3.63) is 162 Å². The number of carbonyl (C=O) groups is 6. The molecule has 2 bridgehead atoms. The number of carboxylic acids is 1. The van der Waals surface area contributed by atoms with Crippen molar-refractivity contribution in [3.8, 4) is 11.1 Å². The topological polar surface area (TPSA) is 183 Å². The van der Waals surface area contributed by atoms with E-state index in [1.807, 2.05) is 115 Å². The van der Waals surface area contributed by atoms with Crippen LogP contribution in [0.25, 0.3) is 11.1 Å². The number of carboxylic acid groups (broad SMARTS) is 1. The number of aryl methyl sites for hydroxylation is 1. The van der Waals surface area contributed by atoms with Crippen LogP contribution in [0.1, 0.15) is 41.5 Å². The minimum Gasteiger partial charge on any atom is -0.480 e. The van der Waals surface area contributed by atoms with Crippen LogP contribution in [0, 0.1) is 0 Å². The summed E-state index contributed by atoms with van der Waals surface area (Å²) in [6, 6.07) is 37.4. The quantitative estimate of drug-likeness (QED) is 0.116. The fourth-order valence-corrected chi connectivity index (χ4v) is 6.89. The maximum atomic E-state index is 14.4. The second-order valence-corrected chi connectivity index (χ2v) is 14.6. The average molecular weight is 794 g/mol. The Morgan fingerprint density at radius 1 is 0.508 bits per heavy atom. The van der Waals surface area contributed by atoms with Gasteiger partial charge in [-0.15, -0.1) is 0 Å². The van der Waals surface area contributed by atoms with Crippen molar-refractivity contribution < 1.29 is 33.9 Å². The Labute approximate surface area is 342 Å². The monoisotopic (exact) mass is 793 g/mol. The number of benzene rings is 5. The minimum absolute atomic E-state index is 0.0272. The van der Waals surface area contributed by atoms with Crippen LogP contribution in [-0.4, -0.2) is 64.8 Å². The maximum absolute atomic E-state index is 14.4. The van der Waals surface area contributed by atoms with Gasteiger partial charge in [-0.2, -0.15) is 0 Å². The fraction of sp³-hybridized carbons (Fsp3) is 0.234. The Morgan fingerprint density at radius 3 is 1.61 bits per heavy atom. The normalized spacial score (nSPS) is 19.6. The zero-order valence-electron chi connectivity index (χ0n) is 32.4. The van der Waals surface area contributed by atoms with Crippen LogP contribution in [0.4, 0.5) is 5.69 Å². The third-order valence-electron chi connectivity index (χ3n) is 10.1. The molecule has 7 rings (SSSR count). The Balaban J connectivity index is 1.34. The molecule has 2 aliphatic heterocycles. The molecule has 0 saturated carbocycles. The standard InChI is InChI=1S/C47H47N5O7/c53-42-26-27-43(54)49-39(28-32-12-6-2-7-13-32)45(56)51-40(29-33-16-21-36(22-17-33)35-14-8-3-9-15-35)46(57)50-38(25-20-31-10-4-1-5-11-31)44(55)52-41(47(58)59)30-34-18-23-37(48-42)24-19-34/h1-19,21-24,38-41H,20,25-30H2,(H,48,53)(H,49,54)(H,50,57)(H,51,56)(H,52,55)(H,58,59)/t38-,39-,40+,41+/m1/s1. The lowest BCUT2D eigenvalue weighted by atomic mass is 9.98. The van der Waals surface area contributed by atoms with E-state index in [-0.39, 0.29) is 38.5 Å². The van der Waals surface area contributed by atoms with Crippen LogP contribution in [0.15, 0.2) is 140 Å². The van der Waals surface area contributed by atoms with Crippen molar-refractivity contribution in [2.45, 2.75) is 69.1 Å². The number of hydrogen-bond donors (Lipinski definition) is 6. The molecular formula is C47H47N5O7. The first kappa shape index (κ1) is 41.6. The number of carbonyl (C=O) groups excluding carboxylic acids is 5. The molecule has 5 aromatic carbocycles. The Bertz CT molecular complexity index is 2220.